The van der Waals surface area contributed by atoms with Gasteiger partial charge >= 0.3 is 0 Å². The Morgan fingerprint density at radius 1 is 0.950 bits per heavy atom. The molecule has 10 heteroatoms. The Morgan fingerprint density at radius 3 is 2.23 bits per heavy atom. The molecule has 0 aromatic heterocycles. The number of carbonyl (C=O) groups is 2. The van der Waals surface area contributed by atoms with Crippen molar-refractivity contribution in [1.82, 2.24) is 10.2 Å². The van der Waals surface area contributed by atoms with Gasteiger partial charge in [0.05, 0.1) is 17.2 Å². The molecule has 0 fully saturated rings. The van der Waals surface area contributed by atoms with Crippen LogP contribution in [0.5, 0.6) is 5.75 Å². The summed E-state index contributed by atoms with van der Waals surface area (Å²) in [6.45, 7) is 5.74. The number of thioether (sulfide) groups is 1. The molecule has 1 atom stereocenters. The number of nitrogens with one attached hydrogen (secondary N) is 1. The van der Waals surface area contributed by atoms with Crippen LogP contribution in [0.25, 0.3) is 0 Å². The number of rotatable bonds is 14. The Morgan fingerprint density at radius 2 is 1.60 bits per heavy atom. The van der Waals surface area contributed by atoms with Crippen LogP contribution in [0, 0.1) is 0 Å². The minimum absolute atomic E-state index is 0.0528. The van der Waals surface area contributed by atoms with E-state index in [1.54, 1.807) is 50.2 Å². The number of amides is 2. The maximum absolute atomic E-state index is 14.0. The first-order valence-electron chi connectivity index (χ1n) is 13.2. The Balaban J connectivity index is 2.03. The summed E-state index contributed by atoms with van der Waals surface area (Å²) in [5.41, 5.74) is 1.25. The van der Waals surface area contributed by atoms with Gasteiger partial charge in [0.1, 0.15) is 18.3 Å². The normalized spacial score (nSPS) is 11.9. The van der Waals surface area contributed by atoms with Crippen LogP contribution in [0.4, 0.5) is 5.69 Å². The van der Waals surface area contributed by atoms with E-state index in [-0.39, 0.29) is 23.0 Å². The zero-order valence-electron chi connectivity index (χ0n) is 23.4. The van der Waals surface area contributed by atoms with Crippen LogP contribution in [0.1, 0.15) is 26.3 Å². The molecule has 0 aliphatic carbocycles. The van der Waals surface area contributed by atoms with Crippen LogP contribution in [-0.2, 0) is 26.0 Å². The SMILES string of the molecule is CCNC(=O)C(C)N(CCc1ccccc1)C(=O)CN(c1ccccc1OCC)S(=O)(=O)c1ccc(SC)cc1. The lowest BCUT2D eigenvalue weighted by molar-refractivity contribution is -0.138. The summed E-state index contributed by atoms with van der Waals surface area (Å²) < 4.78 is 34.9. The first kappa shape index (κ1) is 31.0. The number of benzene rings is 3. The van der Waals surface area contributed by atoms with Gasteiger partial charge in [0.25, 0.3) is 10.0 Å². The molecule has 1 N–H and O–H groups in total. The number of likely N-dealkylation sites (N-methyl/N-ethyl adjacent to an activating group) is 1. The van der Waals surface area contributed by atoms with E-state index in [0.29, 0.717) is 25.3 Å². The monoisotopic (exact) mass is 583 g/mol. The predicted molar refractivity (Wildman–Crippen MR) is 160 cm³/mol. The fraction of sp³-hybridized carbons (Fsp3) is 0.333. The molecular weight excluding hydrogens is 546 g/mol. The first-order valence-corrected chi connectivity index (χ1v) is 15.9. The lowest BCUT2D eigenvalue weighted by Gasteiger charge is -2.32. The molecule has 214 valence electrons. The van der Waals surface area contributed by atoms with E-state index >= 15 is 0 Å². The van der Waals surface area contributed by atoms with E-state index in [9.17, 15) is 18.0 Å². The molecule has 0 radical (unpaired) electrons. The lowest BCUT2D eigenvalue weighted by Crippen LogP contribution is -2.52. The molecule has 0 aliphatic heterocycles. The average Bonchev–Trinajstić information content (AvgIpc) is 2.97. The number of hydrogen-bond acceptors (Lipinski definition) is 6. The zero-order valence-corrected chi connectivity index (χ0v) is 25.0. The van der Waals surface area contributed by atoms with Crippen molar-refractivity contribution < 1.29 is 22.7 Å². The molecule has 0 heterocycles. The van der Waals surface area contributed by atoms with E-state index in [0.717, 1.165) is 14.8 Å². The van der Waals surface area contributed by atoms with Gasteiger partial charge < -0.3 is 15.0 Å². The Labute approximate surface area is 241 Å². The molecule has 8 nitrogen and oxygen atoms in total. The maximum Gasteiger partial charge on any atom is 0.264 e. The quantitative estimate of drug-likeness (QED) is 0.279. The molecule has 0 bridgehead atoms. The van der Waals surface area contributed by atoms with Gasteiger partial charge in [-0.1, -0.05) is 42.5 Å². The van der Waals surface area contributed by atoms with Crippen LogP contribution >= 0.6 is 11.8 Å². The van der Waals surface area contributed by atoms with Gasteiger partial charge in [-0.05, 0) is 75.4 Å². The standard InChI is InChI=1S/C30H37N3O5S2/c1-5-31-30(35)23(3)32(21-20-24-12-8-7-9-13-24)29(34)22-33(27-14-10-11-15-28(27)38-6-2)40(36,37)26-18-16-25(39-4)17-19-26/h7-19,23H,5-6,20-22H2,1-4H3,(H,31,35). The Kier molecular flexibility index (Phi) is 11.5. The van der Waals surface area contributed by atoms with E-state index in [1.807, 2.05) is 43.5 Å². The first-order chi connectivity index (χ1) is 19.2. The fourth-order valence-corrected chi connectivity index (χ4v) is 6.05. The van der Waals surface area contributed by atoms with Gasteiger partial charge in [-0.15, -0.1) is 11.8 Å². The van der Waals surface area contributed by atoms with Crippen molar-refractivity contribution in [3.8, 4) is 5.75 Å². The van der Waals surface area contributed by atoms with Crippen molar-refractivity contribution in [1.29, 1.82) is 0 Å². The highest BCUT2D eigenvalue weighted by atomic mass is 32.2. The maximum atomic E-state index is 14.0. The Bertz CT molecular complexity index is 1370. The van der Waals surface area contributed by atoms with Crippen molar-refractivity contribution in [2.24, 2.45) is 0 Å². The minimum Gasteiger partial charge on any atom is -0.492 e. The Hall–Kier alpha value is -3.50. The fourth-order valence-electron chi connectivity index (χ4n) is 4.22. The summed E-state index contributed by atoms with van der Waals surface area (Å²) in [5, 5.41) is 2.77. The number of hydrogen-bond donors (Lipinski definition) is 1. The summed E-state index contributed by atoms with van der Waals surface area (Å²) in [6.07, 6.45) is 2.42. The van der Waals surface area contributed by atoms with E-state index in [4.69, 9.17) is 4.74 Å². The van der Waals surface area contributed by atoms with Crippen molar-refractivity contribution >= 4 is 39.3 Å². The van der Waals surface area contributed by atoms with Gasteiger partial charge in [0.2, 0.25) is 11.8 Å². The molecule has 0 aliphatic rings. The van der Waals surface area contributed by atoms with Crippen LogP contribution in [0.2, 0.25) is 0 Å². The van der Waals surface area contributed by atoms with Gasteiger partial charge in [0.15, 0.2) is 0 Å². The lowest BCUT2D eigenvalue weighted by atomic mass is 10.1. The minimum atomic E-state index is -4.18. The second-order valence-electron chi connectivity index (χ2n) is 8.98. The summed E-state index contributed by atoms with van der Waals surface area (Å²) in [5.74, 6) is -0.458. The highest BCUT2D eigenvalue weighted by Crippen LogP contribution is 2.33. The molecular formula is C30H37N3O5S2. The third kappa shape index (κ3) is 7.79. The molecule has 3 aromatic carbocycles. The number of para-hydroxylation sites is 2. The van der Waals surface area contributed by atoms with Gasteiger partial charge in [-0.3, -0.25) is 13.9 Å². The molecule has 0 saturated heterocycles. The third-order valence-corrected chi connectivity index (χ3v) is 8.88. The van der Waals surface area contributed by atoms with Crippen LogP contribution in [0.3, 0.4) is 0 Å². The molecule has 0 saturated carbocycles. The third-order valence-electron chi connectivity index (χ3n) is 6.36. The van der Waals surface area contributed by atoms with Crippen molar-refractivity contribution in [3.05, 3.63) is 84.4 Å². The molecule has 2 amide bonds. The van der Waals surface area contributed by atoms with Crippen molar-refractivity contribution in [3.63, 3.8) is 0 Å². The smallest absolute Gasteiger partial charge is 0.264 e. The summed E-state index contributed by atoms with van der Waals surface area (Å²) >= 11 is 1.50. The summed E-state index contributed by atoms with van der Waals surface area (Å²) in [7, 11) is -4.18. The number of carbonyl (C=O) groups excluding carboxylic acids is 2. The molecule has 40 heavy (non-hydrogen) atoms. The largest absolute Gasteiger partial charge is 0.492 e. The summed E-state index contributed by atoms with van der Waals surface area (Å²) in [6, 6.07) is 22.1. The number of anilines is 1. The van der Waals surface area contributed by atoms with Gasteiger partial charge in [-0.2, -0.15) is 0 Å². The van der Waals surface area contributed by atoms with Gasteiger partial charge in [-0.25, -0.2) is 8.42 Å². The number of ether oxygens (including phenoxy) is 1. The van der Waals surface area contributed by atoms with Crippen LogP contribution in [0.15, 0.2) is 88.7 Å². The average molecular weight is 584 g/mol. The van der Waals surface area contributed by atoms with Crippen molar-refractivity contribution in [2.45, 2.75) is 43.0 Å². The van der Waals surface area contributed by atoms with Gasteiger partial charge in [0, 0.05) is 18.0 Å². The zero-order chi connectivity index (χ0) is 29.1. The molecule has 1 unspecified atom stereocenters. The van der Waals surface area contributed by atoms with Crippen LogP contribution < -0.4 is 14.4 Å². The number of sulfonamides is 1. The number of nitrogens with zero attached hydrogens (tertiary/aromatic N) is 2. The van der Waals surface area contributed by atoms with E-state index < -0.39 is 28.5 Å². The molecule has 3 rings (SSSR count). The second kappa shape index (κ2) is 14.8. The van der Waals surface area contributed by atoms with Crippen LogP contribution in [-0.4, -0.2) is 63.7 Å². The predicted octanol–water partition coefficient (Wildman–Crippen LogP) is 4.60. The highest BCUT2D eigenvalue weighted by molar-refractivity contribution is 7.98. The topological polar surface area (TPSA) is 96.0 Å². The van der Waals surface area contributed by atoms with E-state index in [2.05, 4.69) is 5.32 Å². The van der Waals surface area contributed by atoms with E-state index in [1.165, 1.54) is 28.8 Å². The second-order valence-corrected chi connectivity index (χ2v) is 11.7. The molecule has 0 spiro atoms. The molecule has 3 aromatic rings. The van der Waals surface area contributed by atoms with Crippen molar-refractivity contribution in [2.75, 3.05) is 36.8 Å². The summed E-state index contributed by atoms with van der Waals surface area (Å²) in [4.78, 5) is 29.2. The highest BCUT2D eigenvalue weighted by Gasteiger charge is 2.33.